The third kappa shape index (κ3) is 3.89. The van der Waals surface area contributed by atoms with Crippen LogP contribution in [-0.4, -0.2) is 30.7 Å². The molecule has 0 spiro atoms. The maximum atomic E-state index is 11.5. The highest BCUT2D eigenvalue weighted by Crippen LogP contribution is 2.59. The van der Waals surface area contributed by atoms with Crippen LogP contribution < -0.4 is 10.4 Å². The first kappa shape index (κ1) is 24.0. The van der Waals surface area contributed by atoms with E-state index in [4.69, 9.17) is 9.16 Å². The van der Waals surface area contributed by atoms with E-state index in [-0.39, 0.29) is 16.0 Å². The van der Waals surface area contributed by atoms with Crippen LogP contribution in [-0.2, 0) is 5.41 Å². The molecule has 0 bridgehead atoms. The van der Waals surface area contributed by atoms with Crippen molar-refractivity contribution in [3.63, 3.8) is 0 Å². The van der Waals surface area contributed by atoms with Gasteiger partial charge in [0.25, 0.3) is 5.69 Å². The summed E-state index contributed by atoms with van der Waals surface area (Å²) in [5.41, 5.74) is 5.54. The molecule has 2 heterocycles. The normalized spacial score (nSPS) is 17.6. The number of hydrogen-bond acceptors (Lipinski definition) is 5. The van der Waals surface area contributed by atoms with Gasteiger partial charge in [0.05, 0.1) is 10.6 Å². The number of furan rings is 1. The molecule has 1 atom stereocenters. The summed E-state index contributed by atoms with van der Waals surface area (Å²) in [4.78, 5) is 13.3. The number of fused-ring (bicyclic) bond motifs is 1. The van der Waals surface area contributed by atoms with Gasteiger partial charge in [0.15, 0.2) is 5.50 Å². The van der Waals surface area contributed by atoms with Crippen molar-refractivity contribution in [2.24, 2.45) is 4.74 Å². The number of para-hydroxylation sites is 1. The van der Waals surface area contributed by atoms with E-state index >= 15 is 0 Å². The lowest BCUT2D eigenvalue weighted by Crippen LogP contribution is -2.25. The van der Waals surface area contributed by atoms with Crippen LogP contribution in [0.4, 0.5) is 17.1 Å². The van der Waals surface area contributed by atoms with Gasteiger partial charge in [-0.3, -0.25) is 14.8 Å². The summed E-state index contributed by atoms with van der Waals surface area (Å²) in [6.45, 7) is 8.28. The van der Waals surface area contributed by atoms with Crippen molar-refractivity contribution in [1.82, 2.24) is 4.67 Å². The predicted octanol–water partition coefficient (Wildman–Crippen LogP) is 6.71. The van der Waals surface area contributed by atoms with Crippen LogP contribution in [0.3, 0.4) is 0 Å². The van der Waals surface area contributed by atoms with E-state index in [0.717, 1.165) is 28.2 Å². The van der Waals surface area contributed by atoms with Gasteiger partial charge in [-0.1, -0.05) is 38.1 Å². The summed E-state index contributed by atoms with van der Waals surface area (Å²) in [5, 5.41) is 11.5. The van der Waals surface area contributed by atoms with Gasteiger partial charge in [-0.25, -0.2) is 4.74 Å². The number of allylic oxidation sites excluding steroid dienone is 1. The topological polar surface area (TPSA) is 75.1 Å². The zero-order valence-corrected chi connectivity index (χ0v) is 21.6. The fourth-order valence-corrected chi connectivity index (χ4v) is 7.57. The van der Waals surface area contributed by atoms with Gasteiger partial charge < -0.3 is 9.32 Å². The van der Waals surface area contributed by atoms with Crippen molar-refractivity contribution in [2.75, 3.05) is 26.0 Å². The molecule has 0 saturated heterocycles. The molecule has 1 aromatic heterocycles. The molecule has 8 heteroatoms. The quantitative estimate of drug-likeness (QED) is 0.231. The molecule has 178 valence electrons. The molecule has 0 unspecified atom stereocenters. The number of non-ortho nitro benzene ring substituents is 1. The van der Waals surface area contributed by atoms with Crippen molar-refractivity contribution in [3.05, 3.63) is 93.1 Å². The summed E-state index contributed by atoms with van der Waals surface area (Å²) >= 11 is 0. The molecule has 4 rings (SSSR count). The molecule has 0 aliphatic carbocycles. The van der Waals surface area contributed by atoms with Gasteiger partial charge in [0, 0.05) is 36.0 Å². The number of hydrogen-bond donors (Lipinski definition) is 0. The summed E-state index contributed by atoms with van der Waals surface area (Å²) in [5.74, 6) is 3.04. The first-order valence-electron chi connectivity index (χ1n) is 11.2. The van der Waals surface area contributed by atoms with Gasteiger partial charge in [-0.2, -0.15) is 0 Å². The Morgan fingerprint density at radius 1 is 1.12 bits per heavy atom. The minimum Gasteiger partial charge on any atom is -0.459 e. The molecule has 1 aliphatic heterocycles. The molecule has 34 heavy (non-hydrogen) atoms. The highest BCUT2D eigenvalue weighted by atomic mass is 31.2. The lowest BCUT2D eigenvalue weighted by molar-refractivity contribution is -0.384. The fraction of sp³-hybridized carbons (Fsp3) is 0.308. The van der Waals surface area contributed by atoms with E-state index in [1.807, 2.05) is 40.1 Å². The molecule has 0 fully saturated rings. The van der Waals surface area contributed by atoms with Gasteiger partial charge in [-0.15, -0.1) is 0 Å². The van der Waals surface area contributed by atoms with E-state index in [1.54, 1.807) is 12.1 Å². The Bertz CT molecular complexity index is 1350. The average molecular weight is 479 g/mol. The molecule has 2 aromatic carbocycles. The number of aryl methyl sites for hydroxylation is 2. The smallest absolute Gasteiger partial charge is 0.271 e. The van der Waals surface area contributed by atoms with Crippen molar-refractivity contribution >= 4 is 29.8 Å². The minimum atomic E-state index is -2.63. The number of nitrogens with zero attached hydrogens (tertiary/aromatic N) is 4. The first-order chi connectivity index (χ1) is 16.0. The third-order valence-electron chi connectivity index (χ3n) is 6.57. The SMILES string of the molecule is Cc1ccc([P@@](/C=C2/N(C)c3ccccc3C2(C)C)(=Nc2cc([N+](=O)[O-])ccc2C)N(C)C)o1. The van der Waals surface area contributed by atoms with Gasteiger partial charge in [0.2, 0.25) is 0 Å². The Kier molecular flexibility index (Phi) is 6.05. The van der Waals surface area contributed by atoms with Crippen LogP contribution >= 0.6 is 7.21 Å². The molecule has 0 radical (unpaired) electrons. The van der Waals surface area contributed by atoms with E-state index in [9.17, 15) is 10.1 Å². The molecule has 0 saturated carbocycles. The standard InChI is InChI=1S/C26H31N4O3P/c1-18-12-14-20(30(31)32)16-22(18)27-34(28(5)6,25-15-13-19(2)33-25)17-24-26(3,4)21-10-8-9-11-23(21)29(24)7/h8-17H,1-7H3/b24-17+/t34-/m0/s1. The van der Waals surface area contributed by atoms with Crippen LogP contribution in [0.15, 0.2) is 75.3 Å². The number of nitro groups is 1. The summed E-state index contributed by atoms with van der Waals surface area (Å²) in [6, 6.07) is 17.2. The Balaban J connectivity index is 2.06. The molecule has 7 nitrogen and oxygen atoms in total. The largest absolute Gasteiger partial charge is 0.459 e. The molecule has 3 aromatic rings. The van der Waals surface area contributed by atoms with E-state index in [0.29, 0.717) is 5.69 Å². The maximum Gasteiger partial charge on any atom is 0.271 e. The van der Waals surface area contributed by atoms with Crippen molar-refractivity contribution in [3.8, 4) is 0 Å². The van der Waals surface area contributed by atoms with Crippen LogP contribution in [0, 0.1) is 24.0 Å². The highest BCUT2D eigenvalue weighted by Gasteiger charge is 2.41. The molecule has 1 aliphatic rings. The zero-order chi connectivity index (χ0) is 24.8. The number of nitro benzene ring substituents is 1. The lowest BCUT2D eigenvalue weighted by Gasteiger charge is -2.31. The maximum absolute atomic E-state index is 11.5. The molecule has 0 N–H and O–H groups in total. The van der Waals surface area contributed by atoms with Gasteiger partial charge >= 0.3 is 0 Å². The van der Waals surface area contributed by atoms with Crippen molar-refractivity contribution in [1.29, 1.82) is 0 Å². The van der Waals surface area contributed by atoms with E-state index < -0.39 is 7.21 Å². The number of benzene rings is 2. The number of rotatable bonds is 5. The lowest BCUT2D eigenvalue weighted by atomic mass is 9.84. The van der Waals surface area contributed by atoms with Crippen LogP contribution in [0.2, 0.25) is 0 Å². The number of anilines is 1. The van der Waals surface area contributed by atoms with Crippen molar-refractivity contribution in [2.45, 2.75) is 33.1 Å². The summed E-state index contributed by atoms with van der Waals surface area (Å²) < 4.78 is 13.6. The summed E-state index contributed by atoms with van der Waals surface area (Å²) in [6.07, 6.45) is 0. The van der Waals surface area contributed by atoms with E-state index in [1.165, 1.54) is 11.6 Å². The first-order valence-corrected chi connectivity index (χ1v) is 12.9. The molecular weight excluding hydrogens is 447 g/mol. The minimum absolute atomic E-state index is 0.0233. The second-order valence-corrected chi connectivity index (χ2v) is 12.4. The molecule has 0 amide bonds. The van der Waals surface area contributed by atoms with Crippen molar-refractivity contribution < 1.29 is 9.34 Å². The Labute approximate surface area is 201 Å². The van der Waals surface area contributed by atoms with Crippen LogP contribution in [0.25, 0.3) is 0 Å². The summed E-state index contributed by atoms with van der Waals surface area (Å²) in [7, 11) is 3.44. The second-order valence-electron chi connectivity index (χ2n) is 9.42. The van der Waals surface area contributed by atoms with Gasteiger partial charge in [-0.05, 0) is 63.1 Å². The van der Waals surface area contributed by atoms with Crippen LogP contribution in [0.1, 0.15) is 30.7 Å². The predicted molar refractivity (Wildman–Crippen MR) is 140 cm³/mol. The van der Waals surface area contributed by atoms with Crippen LogP contribution in [0.5, 0.6) is 0 Å². The van der Waals surface area contributed by atoms with E-state index in [2.05, 4.69) is 60.5 Å². The third-order valence-corrected chi connectivity index (χ3v) is 9.80. The Morgan fingerprint density at radius 3 is 2.41 bits per heavy atom. The second kappa shape index (κ2) is 8.57. The highest BCUT2D eigenvalue weighted by molar-refractivity contribution is 7.74. The average Bonchev–Trinajstić information content (AvgIpc) is 3.30. The molecular formula is C26H31N4O3P. The monoisotopic (exact) mass is 478 g/mol. The number of likely N-dealkylation sites (N-methyl/N-ethyl adjacent to an activating group) is 1. The Hall–Kier alpha value is -3.15. The van der Waals surface area contributed by atoms with Gasteiger partial charge in [0.1, 0.15) is 13.0 Å². The fourth-order valence-electron chi connectivity index (χ4n) is 4.53. The Morgan fingerprint density at radius 2 is 1.82 bits per heavy atom. The zero-order valence-electron chi connectivity index (χ0n) is 20.7.